The summed E-state index contributed by atoms with van der Waals surface area (Å²) in [7, 11) is 0. The summed E-state index contributed by atoms with van der Waals surface area (Å²) < 4.78 is 2.02. The van der Waals surface area contributed by atoms with Gasteiger partial charge in [0.1, 0.15) is 5.82 Å². The molecule has 0 unspecified atom stereocenters. The van der Waals surface area contributed by atoms with Gasteiger partial charge < -0.3 is 15.6 Å². The highest BCUT2D eigenvalue weighted by molar-refractivity contribution is 7.96. The first-order valence-electron chi connectivity index (χ1n) is 8.75. The number of amides is 1. The highest BCUT2D eigenvalue weighted by atomic mass is 32.2. The topological polar surface area (TPSA) is 90.1 Å². The van der Waals surface area contributed by atoms with Gasteiger partial charge >= 0.3 is 0 Å². The number of nitrogens with zero attached hydrogens (tertiary/aromatic N) is 2. The summed E-state index contributed by atoms with van der Waals surface area (Å²) in [6.45, 7) is 1.01. The molecule has 142 valence electrons. The predicted octanol–water partition coefficient (Wildman–Crippen LogP) is 3.66. The smallest absolute Gasteiger partial charge is 0.212 e. The number of hydrogen-bond donors (Lipinski definition) is 3. The number of anilines is 3. The van der Waals surface area contributed by atoms with Crippen LogP contribution in [0, 0.1) is 0 Å². The third-order valence-corrected chi connectivity index (χ3v) is 5.34. The Labute approximate surface area is 166 Å². The van der Waals surface area contributed by atoms with E-state index in [0.29, 0.717) is 30.9 Å². The van der Waals surface area contributed by atoms with Crippen LogP contribution >= 0.6 is 11.9 Å². The molecule has 0 bridgehead atoms. The van der Waals surface area contributed by atoms with Gasteiger partial charge in [-0.25, -0.2) is 9.29 Å². The molecule has 0 spiro atoms. The van der Waals surface area contributed by atoms with E-state index in [0.717, 1.165) is 28.3 Å². The largest absolute Gasteiger partial charge is 0.355 e. The van der Waals surface area contributed by atoms with Crippen molar-refractivity contribution in [2.75, 3.05) is 23.4 Å². The van der Waals surface area contributed by atoms with Crippen LogP contribution in [-0.4, -0.2) is 39.3 Å². The molecule has 0 saturated carbocycles. The summed E-state index contributed by atoms with van der Waals surface area (Å²) in [5.74, 6) is 0.514. The summed E-state index contributed by atoms with van der Waals surface area (Å²) in [6, 6.07) is 13.4. The van der Waals surface area contributed by atoms with Gasteiger partial charge in [0.25, 0.3) is 0 Å². The number of benzene rings is 1. The number of rotatable bonds is 6. The van der Waals surface area contributed by atoms with Crippen LogP contribution in [0.2, 0.25) is 0 Å². The van der Waals surface area contributed by atoms with E-state index in [9.17, 15) is 9.59 Å². The number of aromatic amines is 1. The van der Waals surface area contributed by atoms with E-state index in [1.807, 2.05) is 47.0 Å². The standard InChI is InChI=1S/C20H19N5O2S/c1-28-25-10-15-18(16(27)11-25)20(23-14-5-3-2-4-6-14)19(24-15)13-7-8-21-17(9-13)22-12-26/h2-9,12,23-24H,10-11H2,1H3,(H,21,22,26). The van der Waals surface area contributed by atoms with Gasteiger partial charge in [-0.05, 0) is 30.5 Å². The minimum absolute atomic E-state index is 0.0665. The summed E-state index contributed by atoms with van der Waals surface area (Å²) >= 11 is 1.55. The third kappa shape index (κ3) is 3.51. The van der Waals surface area contributed by atoms with Gasteiger partial charge in [-0.15, -0.1) is 0 Å². The van der Waals surface area contributed by atoms with Gasteiger partial charge in [0.05, 0.1) is 30.0 Å². The first-order valence-corrected chi connectivity index (χ1v) is 9.93. The van der Waals surface area contributed by atoms with Crippen molar-refractivity contribution in [2.24, 2.45) is 0 Å². The van der Waals surface area contributed by atoms with E-state index in [2.05, 4.69) is 20.6 Å². The van der Waals surface area contributed by atoms with Crippen LogP contribution < -0.4 is 10.6 Å². The minimum atomic E-state index is 0.0665. The van der Waals surface area contributed by atoms with E-state index in [1.165, 1.54) is 0 Å². The molecule has 3 heterocycles. The molecule has 0 saturated heterocycles. The molecule has 1 aromatic carbocycles. The number of Topliss-reactive ketones (excluding diaryl/α,β-unsaturated/α-hetero) is 1. The van der Waals surface area contributed by atoms with Crippen molar-refractivity contribution in [2.45, 2.75) is 6.54 Å². The lowest BCUT2D eigenvalue weighted by molar-refractivity contribution is -0.105. The van der Waals surface area contributed by atoms with Crippen molar-refractivity contribution < 1.29 is 9.59 Å². The summed E-state index contributed by atoms with van der Waals surface area (Å²) in [5, 5.41) is 5.98. The quantitative estimate of drug-likeness (QED) is 0.437. The van der Waals surface area contributed by atoms with Crippen molar-refractivity contribution in [3.63, 3.8) is 0 Å². The Bertz CT molecular complexity index is 1020. The number of carbonyl (C=O) groups excluding carboxylic acids is 2. The molecule has 0 radical (unpaired) electrons. The fourth-order valence-electron chi connectivity index (χ4n) is 3.31. The Morgan fingerprint density at radius 3 is 2.79 bits per heavy atom. The minimum Gasteiger partial charge on any atom is -0.355 e. The molecule has 0 atom stereocenters. The summed E-state index contributed by atoms with van der Waals surface area (Å²) in [6.07, 6.45) is 4.18. The molecule has 3 aromatic rings. The van der Waals surface area contributed by atoms with Gasteiger partial charge in [-0.3, -0.25) is 9.59 Å². The first-order chi connectivity index (χ1) is 13.7. The highest BCUT2D eigenvalue weighted by Crippen LogP contribution is 2.39. The van der Waals surface area contributed by atoms with Crippen molar-refractivity contribution >= 4 is 41.3 Å². The van der Waals surface area contributed by atoms with Crippen molar-refractivity contribution in [1.29, 1.82) is 0 Å². The Hall–Kier alpha value is -3.10. The number of H-pyrrole nitrogens is 1. The Morgan fingerprint density at radius 2 is 2.04 bits per heavy atom. The van der Waals surface area contributed by atoms with Crippen LogP contribution in [0.3, 0.4) is 0 Å². The van der Waals surface area contributed by atoms with Gasteiger partial charge in [0, 0.05) is 23.1 Å². The number of nitrogens with one attached hydrogen (secondary N) is 3. The van der Waals surface area contributed by atoms with E-state index in [-0.39, 0.29) is 5.78 Å². The zero-order chi connectivity index (χ0) is 19.5. The molecule has 4 rings (SSSR count). The number of pyridine rings is 1. The van der Waals surface area contributed by atoms with Crippen molar-refractivity contribution in [1.82, 2.24) is 14.3 Å². The second-order valence-corrected chi connectivity index (χ2v) is 7.20. The maximum Gasteiger partial charge on any atom is 0.212 e. The van der Waals surface area contributed by atoms with Crippen molar-refractivity contribution in [3.05, 3.63) is 59.9 Å². The van der Waals surface area contributed by atoms with E-state index in [1.54, 1.807) is 24.2 Å². The fourth-order valence-corrected chi connectivity index (χ4v) is 3.82. The van der Waals surface area contributed by atoms with Crippen LogP contribution in [0.5, 0.6) is 0 Å². The normalized spacial score (nSPS) is 13.8. The lowest BCUT2D eigenvalue weighted by Crippen LogP contribution is -2.29. The van der Waals surface area contributed by atoms with Gasteiger partial charge in [-0.1, -0.05) is 30.1 Å². The van der Waals surface area contributed by atoms with E-state index < -0.39 is 0 Å². The lowest BCUT2D eigenvalue weighted by atomic mass is 10.0. The molecule has 0 aliphatic carbocycles. The molecule has 1 aliphatic heterocycles. The number of hydrogen-bond acceptors (Lipinski definition) is 6. The zero-order valence-corrected chi connectivity index (χ0v) is 16.0. The highest BCUT2D eigenvalue weighted by Gasteiger charge is 2.30. The van der Waals surface area contributed by atoms with Crippen LogP contribution in [-0.2, 0) is 11.3 Å². The molecule has 1 amide bonds. The van der Waals surface area contributed by atoms with Crippen LogP contribution in [0.15, 0.2) is 48.7 Å². The van der Waals surface area contributed by atoms with Gasteiger partial charge in [0.15, 0.2) is 5.78 Å². The number of aromatic nitrogens is 2. The van der Waals surface area contributed by atoms with Crippen LogP contribution in [0.4, 0.5) is 17.2 Å². The first kappa shape index (κ1) is 18.3. The van der Waals surface area contributed by atoms with E-state index in [4.69, 9.17) is 0 Å². The maximum absolute atomic E-state index is 12.9. The molecule has 28 heavy (non-hydrogen) atoms. The predicted molar refractivity (Wildman–Crippen MR) is 112 cm³/mol. The molecule has 1 aliphatic rings. The maximum atomic E-state index is 12.9. The second-order valence-electron chi connectivity index (χ2n) is 6.32. The number of fused-ring (bicyclic) bond motifs is 1. The van der Waals surface area contributed by atoms with Gasteiger partial charge in [-0.2, -0.15) is 0 Å². The fraction of sp³-hybridized carbons (Fsp3) is 0.150. The average molecular weight is 393 g/mol. The van der Waals surface area contributed by atoms with E-state index >= 15 is 0 Å². The molecule has 8 heteroatoms. The number of ketones is 1. The Balaban J connectivity index is 1.84. The van der Waals surface area contributed by atoms with Crippen LogP contribution in [0.25, 0.3) is 11.3 Å². The molecule has 2 aromatic heterocycles. The Kier molecular flexibility index (Phi) is 5.14. The van der Waals surface area contributed by atoms with Gasteiger partial charge in [0.2, 0.25) is 6.41 Å². The molecule has 7 nitrogen and oxygen atoms in total. The number of carbonyl (C=O) groups is 2. The second kappa shape index (κ2) is 7.87. The molecular formula is C20H19N5O2S. The molecule has 3 N–H and O–H groups in total. The van der Waals surface area contributed by atoms with Crippen molar-refractivity contribution in [3.8, 4) is 11.3 Å². The average Bonchev–Trinajstić information content (AvgIpc) is 3.08. The SMILES string of the molecule is CSN1CC(=O)c2c([nH]c(-c3ccnc(NC=O)c3)c2Nc2ccccc2)C1. The monoisotopic (exact) mass is 393 g/mol. The molecule has 0 fully saturated rings. The molecular weight excluding hydrogens is 374 g/mol. The van der Waals surface area contributed by atoms with Crippen LogP contribution in [0.1, 0.15) is 16.1 Å². The Morgan fingerprint density at radius 1 is 1.21 bits per heavy atom. The zero-order valence-electron chi connectivity index (χ0n) is 15.2. The third-order valence-electron chi connectivity index (χ3n) is 4.57. The lowest BCUT2D eigenvalue weighted by Gasteiger charge is -2.23. The number of para-hydroxylation sites is 1. The summed E-state index contributed by atoms with van der Waals surface area (Å²) in [5.41, 5.74) is 4.82. The summed E-state index contributed by atoms with van der Waals surface area (Å²) in [4.78, 5) is 31.2.